The van der Waals surface area contributed by atoms with E-state index in [-0.39, 0.29) is 18.8 Å². The number of aromatic amines is 1. The molecule has 98 valence electrons. The van der Waals surface area contributed by atoms with Gasteiger partial charge in [-0.05, 0) is 0 Å². The highest BCUT2D eigenvalue weighted by Gasteiger charge is 2.38. The number of nitrogens with zero attached hydrogens (tertiary/aromatic N) is 2. The highest BCUT2D eigenvalue weighted by Crippen LogP contribution is 2.31. The zero-order valence-corrected chi connectivity index (χ0v) is 8.99. The number of H-pyrrole nitrogens is 1. The molecule has 1 atom stereocenters. The second kappa shape index (κ2) is 4.00. The highest BCUT2D eigenvalue weighted by atomic mass is 19.4. The van der Waals surface area contributed by atoms with Crippen LogP contribution in [0.1, 0.15) is 12.1 Å². The summed E-state index contributed by atoms with van der Waals surface area (Å²) in [5.74, 6) is -1.98. The number of carbonyl (C=O) groups excluding carboxylic acids is 2. The normalized spacial score (nSPS) is 20.5. The summed E-state index contributed by atoms with van der Waals surface area (Å²) in [5.41, 5.74) is 4.00. The molecule has 2 heterocycles. The van der Waals surface area contributed by atoms with Gasteiger partial charge in [-0.2, -0.15) is 18.3 Å². The Kier molecular flexibility index (Phi) is 2.76. The van der Waals surface area contributed by atoms with Crippen LogP contribution in [0.4, 0.5) is 19.0 Å². The van der Waals surface area contributed by atoms with Crippen LogP contribution in [0, 0.1) is 5.92 Å². The minimum Gasteiger partial charge on any atom is -0.369 e. The van der Waals surface area contributed by atoms with Gasteiger partial charge in [0, 0.05) is 19.0 Å². The van der Waals surface area contributed by atoms with E-state index in [9.17, 15) is 22.8 Å². The van der Waals surface area contributed by atoms with Gasteiger partial charge in [0.15, 0.2) is 5.82 Å². The minimum absolute atomic E-state index is 0.0453. The number of nitrogens with two attached hydrogens (primary N) is 1. The molecule has 6 nitrogen and oxygen atoms in total. The first-order chi connectivity index (χ1) is 8.29. The second-order valence-electron chi connectivity index (χ2n) is 3.95. The SMILES string of the molecule is NC(=O)C1CC(=O)N(c2cc(C(F)(F)F)[nH]n2)C1. The predicted octanol–water partition coefficient (Wildman–Crippen LogP) is 0.267. The molecular weight excluding hydrogens is 253 g/mol. The molecule has 2 rings (SSSR count). The molecule has 1 aliphatic heterocycles. The summed E-state index contributed by atoms with van der Waals surface area (Å²) in [5, 5.41) is 5.22. The van der Waals surface area contributed by atoms with Crippen molar-refractivity contribution in [1.29, 1.82) is 0 Å². The molecule has 0 aliphatic carbocycles. The van der Waals surface area contributed by atoms with E-state index in [0.29, 0.717) is 0 Å². The van der Waals surface area contributed by atoms with E-state index in [0.717, 1.165) is 11.0 Å². The molecule has 0 bridgehead atoms. The molecule has 18 heavy (non-hydrogen) atoms. The lowest BCUT2D eigenvalue weighted by Gasteiger charge is -2.11. The van der Waals surface area contributed by atoms with Gasteiger partial charge in [0.2, 0.25) is 11.8 Å². The van der Waals surface area contributed by atoms with E-state index in [1.807, 2.05) is 0 Å². The van der Waals surface area contributed by atoms with Gasteiger partial charge in [-0.3, -0.25) is 19.6 Å². The molecule has 0 aromatic carbocycles. The summed E-state index contributed by atoms with van der Waals surface area (Å²) < 4.78 is 37.0. The van der Waals surface area contributed by atoms with Crippen LogP contribution < -0.4 is 10.6 Å². The maximum absolute atomic E-state index is 12.3. The van der Waals surface area contributed by atoms with Gasteiger partial charge in [0.1, 0.15) is 5.69 Å². The highest BCUT2D eigenvalue weighted by molar-refractivity contribution is 5.99. The number of amides is 2. The summed E-state index contributed by atoms with van der Waals surface area (Å²) in [4.78, 5) is 23.5. The number of hydrogen-bond acceptors (Lipinski definition) is 3. The van der Waals surface area contributed by atoms with E-state index in [1.54, 1.807) is 5.10 Å². The van der Waals surface area contributed by atoms with Crippen LogP contribution in [0.15, 0.2) is 6.07 Å². The van der Waals surface area contributed by atoms with Gasteiger partial charge in [-0.15, -0.1) is 0 Å². The van der Waals surface area contributed by atoms with Crippen LogP contribution in [0.2, 0.25) is 0 Å². The van der Waals surface area contributed by atoms with Crippen molar-refractivity contribution in [3.63, 3.8) is 0 Å². The number of anilines is 1. The Hall–Kier alpha value is -2.06. The minimum atomic E-state index is -4.56. The number of aromatic nitrogens is 2. The van der Waals surface area contributed by atoms with Crippen molar-refractivity contribution in [3.8, 4) is 0 Å². The number of rotatable bonds is 2. The van der Waals surface area contributed by atoms with Gasteiger partial charge in [0.05, 0.1) is 5.92 Å². The Morgan fingerprint density at radius 3 is 2.67 bits per heavy atom. The Morgan fingerprint density at radius 1 is 1.56 bits per heavy atom. The first-order valence-corrected chi connectivity index (χ1v) is 5.01. The number of hydrogen-bond donors (Lipinski definition) is 2. The molecular formula is C9H9F3N4O2. The fourth-order valence-corrected chi connectivity index (χ4v) is 1.71. The van der Waals surface area contributed by atoms with Crippen LogP contribution in [0.5, 0.6) is 0 Å². The maximum Gasteiger partial charge on any atom is 0.432 e. The predicted molar refractivity (Wildman–Crippen MR) is 53.2 cm³/mol. The van der Waals surface area contributed by atoms with E-state index in [2.05, 4.69) is 5.10 Å². The van der Waals surface area contributed by atoms with Crippen molar-refractivity contribution < 1.29 is 22.8 Å². The van der Waals surface area contributed by atoms with Crippen molar-refractivity contribution in [1.82, 2.24) is 10.2 Å². The van der Waals surface area contributed by atoms with Crippen molar-refractivity contribution in [2.24, 2.45) is 11.7 Å². The standard InChI is InChI=1S/C9H9F3N4O2/c10-9(11,12)5-2-6(15-14-5)16-3-4(8(13)18)1-7(16)17/h2,4H,1,3H2,(H2,13,18)(H,14,15). The van der Waals surface area contributed by atoms with Crippen LogP contribution in [-0.2, 0) is 15.8 Å². The smallest absolute Gasteiger partial charge is 0.369 e. The number of alkyl halides is 3. The number of carbonyl (C=O) groups is 2. The first kappa shape index (κ1) is 12.4. The van der Waals surface area contributed by atoms with E-state index >= 15 is 0 Å². The van der Waals surface area contributed by atoms with E-state index in [4.69, 9.17) is 5.73 Å². The third kappa shape index (κ3) is 2.15. The number of primary amides is 1. The van der Waals surface area contributed by atoms with Gasteiger partial charge in [-0.1, -0.05) is 0 Å². The van der Waals surface area contributed by atoms with Gasteiger partial charge in [-0.25, -0.2) is 0 Å². The van der Waals surface area contributed by atoms with Gasteiger partial charge < -0.3 is 5.73 Å². The summed E-state index contributed by atoms with van der Waals surface area (Å²) in [6.45, 7) is -0.0453. The quantitative estimate of drug-likeness (QED) is 0.801. The summed E-state index contributed by atoms with van der Waals surface area (Å²) in [6, 6.07) is 0.723. The first-order valence-electron chi connectivity index (χ1n) is 5.01. The third-order valence-electron chi connectivity index (χ3n) is 2.67. The van der Waals surface area contributed by atoms with Crippen LogP contribution in [0.3, 0.4) is 0 Å². The van der Waals surface area contributed by atoms with Crippen molar-refractivity contribution in [3.05, 3.63) is 11.8 Å². The van der Waals surface area contributed by atoms with E-state index in [1.165, 1.54) is 0 Å². The lowest BCUT2D eigenvalue weighted by molar-refractivity contribution is -0.141. The molecule has 0 radical (unpaired) electrons. The summed E-state index contributed by atoms with van der Waals surface area (Å²) >= 11 is 0. The van der Waals surface area contributed by atoms with E-state index < -0.39 is 29.6 Å². The molecule has 1 saturated heterocycles. The Labute approximate surface area is 98.9 Å². The topological polar surface area (TPSA) is 92.1 Å². The van der Waals surface area contributed by atoms with Crippen LogP contribution in [-0.4, -0.2) is 28.6 Å². The molecule has 0 saturated carbocycles. The summed E-state index contributed by atoms with van der Waals surface area (Å²) in [6.07, 6.45) is -4.67. The monoisotopic (exact) mass is 262 g/mol. The van der Waals surface area contributed by atoms with Crippen molar-refractivity contribution in [2.45, 2.75) is 12.6 Å². The van der Waals surface area contributed by atoms with Crippen molar-refractivity contribution in [2.75, 3.05) is 11.4 Å². The Balaban J connectivity index is 2.20. The maximum atomic E-state index is 12.3. The fraction of sp³-hybridized carbons (Fsp3) is 0.444. The second-order valence-corrected chi connectivity index (χ2v) is 3.95. The average Bonchev–Trinajstić information content (AvgIpc) is 2.81. The molecule has 1 aromatic heterocycles. The van der Waals surface area contributed by atoms with Crippen LogP contribution in [0.25, 0.3) is 0 Å². The molecule has 0 spiro atoms. The Morgan fingerprint density at radius 2 is 2.22 bits per heavy atom. The fourth-order valence-electron chi connectivity index (χ4n) is 1.71. The molecule has 1 fully saturated rings. The number of halogens is 3. The third-order valence-corrected chi connectivity index (χ3v) is 2.67. The number of nitrogens with one attached hydrogen (secondary N) is 1. The molecule has 2 amide bonds. The molecule has 9 heteroatoms. The zero-order valence-electron chi connectivity index (χ0n) is 8.99. The average molecular weight is 262 g/mol. The molecule has 1 unspecified atom stereocenters. The molecule has 1 aromatic rings. The lowest BCUT2D eigenvalue weighted by Crippen LogP contribution is -2.28. The van der Waals surface area contributed by atoms with Crippen LogP contribution >= 0.6 is 0 Å². The summed E-state index contributed by atoms with van der Waals surface area (Å²) in [7, 11) is 0. The zero-order chi connectivity index (χ0) is 13.5. The van der Waals surface area contributed by atoms with Crippen molar-refractivity contribution >= 4 is 17.6 Å². The molecule has 1 aliphatic rings. The lowest BCUT2D eigenvalue weighted by atomic mass is 10.1. The molecule has 3 N–H and O–H groups in total. The largest absolute Gasteiger partial charge is 0.432 e. The van der Waals surface area contributed by atoms with Gasteiger partial charge >= 0.3 is 6.18 Å². The van der Waals surface area contributed by atoms with Gasteiger partial charge in [0.25, 0.3) is 0 Å². The Bertz CT molecular complexity index is 496.